The molecule has 1 aliphatic carbocycles. The van der Waals surface area contributed by atoms with Crippen LogP contribution in [0.25, 0.3) is 0 Å². The molecule has 0 radical (unpaired) electrons. The highest BCUT2D eigenvalue weighted by Gasteiger charge is 2.17. The van der Waals surface area contributed by atoms with E-state index in [2.05, 4.69) is 26.0 Å². The second-order valence-electron chi connectivity index (χ2n) is 3.45. The smallest absolute Gasteiger partial charge is 0.0208 e. The molecule has 0 aromatic rings. The minimum atomic E-state index is 0.888. The first-order chi connectivity index (χ1) is 4.84. The molecule has 0 saturated heterocycles. The lowest BCUT2D eigenvalue weighted by molar-refractivity contribution is 0.306. The van der Waals surface area contributed by atoms with Gasteiger partial charge in [-0.15, -0.1) is 0 Å². The molecule has 0 spiro atoms. The van der Waals surface area contributed by atoms with Crippen LogP contribution in [0.15, 0.2) is 12.2 Å². The summed E-state index contributed by atoms with van der Waals surface area (Å²) in [5.41, 5.74) is 0. The van der Waals surface area contributed by atoms with E-state index in [1.54, 1.807) is 0 Å². The fourth-order valence-corrected chi connectivity index (χ4v) is 1.88. The summed E-state index contributed by atoms with van der Waals surface area (Å²) in [6.45, 7) is 4.51. The molecule has 0 N–H and O–H groups in total. The first kappa shape index (κ1) is 7.84. The van der Waals surface area contributed by atoms with Crippen LogP contribution in [0.5, 0.6) is 0 Å². The van der Waals surface area contributed by atoms with Gasteiger partial charge in [0.1, 0.15) is 0 Å². The van der Waals surface area contributed by atoms with Gasteiger partial charge in [0.05, 0.1) is 0 Å². The number of rotatable bonds is 1. The summed E-state index contributed by atoms with van der Waals surface area (Å²) in [5.74, 6) is 1.82. The summed E-state index contributed by atoms with van der Waals surface area (Å²) in [6, 6.07) is 0. The van der Waals surface area contributed by atoms with Gasteiger partial charge in [-0.3, -0.25) is 0 Å². The molecule has 0 aromatic carbocycles. The second-order valence-corrected chi connectivity index (χ2v) is 3.45. The molecular weight excluding hydrogens is 120 g/mol. The van der Waals surface area contributed by atoms with Crippen molar-refractivity contribution in [2.45, 2.75) is 39.5 Å². The van der Waals surface area contributed by atoms with E-state index in [-0.39, 0.29) is 0 Å². The highest BCUT2D eigenvalue weighted by atomic mass is 14.2. The molecule has 0 aromatic heterocycles. The summed E-state index contributed by atoms with van der Waals surface area (Å²) < 4.78 is 0. The molecule has 58 valence electrons. The van der Waals surface area contributed by atoms with E-state index >= 15 is 0 Å². The standard InChI is InChI=1S/C10H18/c1-3-6-10-8-5-4-7-9(10)2/h3,6,9-10H,4-5,7-8H2,1-2H3. The maximum absolute atomic E-state index is 2.38. The van der Waals surface area contributed by atoms with Gasteiger partial charge in [-0.1, -0.05) is 38.3 Å². The van der Waals surface area contributed by atoms with Crippen molar-refractivity contribution in [3.05, 3.63) is 12.2 Å². The van der Waals surface area contributed by atoms with Gasteiger partial charge in [0, 0.05) is 0 Å². The Labute approximate surface area is 64.3 Å². The summed E-state index contributed by atoms with van der Waals surface area (Å²) in [6.07, 6.45) is 10.3. The van der Waals surface area contributed by atoms with Crippen molar-refractivity contribution in [3.63, 3.8) is 0 Å². The molecule has 0 nitrogen and oxygen atoms in total. The molecular formula is C10H18. The van der Waals surface area contributed by atoms with Crippen molar-refractivity contribution in [2.24, 2.45) is 11.8 Å². The van der Waals surface area contributed by atoms with E-state index < -0.39 is 0 Å². The Hall–Kier alpha value is -0.260. The van der Waals surface area contributed by atoms with Crippen molar-refractivity contribution in [2.75, 3.05) is 0 Å². The minimum Gasteiger partial charge on any atom is -0.0914 e. The largest absolute Gasteiger partial charge is 0.0914 e. The van der Waals surface area contributed by atoms with Crippen LogP contribution >= 0.6 is 0 Å². The van der Waals surface area contributed by atoms with Crippen LogP contribution in [0.3, 0.4) is 0 Å². The average molecular weight is 138 g/mol. The lowest BCUT2D eigenvalue weighted by Gasteiger charge is -2.25. The number of hydrogen-bond acceptors (Lipinski definition) is 0. The molecule has 0 heterocycles. The van der Waals surface area contributed by atoms with E-state index in [1.807, 2.05) is 0 Å². The zero-order chi connectivity index (χ0) is 7.40. The normalized spacial score (nSPS) is 35.0. The van der Waals surface area contributed by atoms with Gasteiger partial charge in [0.15, 0.2) is 0 Å². The molecule has 0 heteroatoms. The Balaban J connectivity index is 2.39. The molecule has 0 amide bonds. The molecule has 1 saturated carbocycles. The second kappa shape index (κ2) is 3.80. The Morgan fingerprint density at radius 1 is 1.20 bits per heavy atom. The Bertz CT molecular complexity index is 113. The van der Waals surface area contributed by atoms with Crippen LogP contribution < -0.4 is 0 Å². The predicted octanol–water partition coefficient (Wildman–Crippen LogP) is 3.39. The average Bonchev–Trinajstić information content (AvgIpc) is 1.94. The summed E-state index contributed by atoms with van der Waals surface area (Å²) in [5, 5.41) is 0. The van der Waals surface area contributed by atoms with Gasteiger partial charge >= 0.3 is 0 Å². The third-order valence-corrected chi connectivity index (χ3v) is 2.62. The third kappa shape index (κ3) is 1.86. The Kier molecular flexibility index (Phi) is 2.98. The predicted molar refractivity (Wildman–Crippen MR) is 45.9 cm³/mol. The maximum atomic E-state index is 2.38. The van der Waals surface area contributed by atoms with Gasteiger partial charge in [-0.25, -0.2) is 0 Å². The van der Waals surface area contributed by atoms with Gasteiger partial charge in [-0.2, -0.15) is 0 Å². The van der Waals surface area contributed by atoms with Crippen molar-refractivity contribution >= 4 is 0 Å². The minimum absolute atomic E-state index is 0.888. The highest BCUT2D eigenvalue weighted by molar-refractivity contribution is 4.90. The third-order valence-electron chi connectivity index (χ3n) is 2.62. The van der Waals surface area contributed by atoms with Crippen molar-refractivity contribution in [1.82, 2.24) is 0 Å². The van der Waals surface area contributed by atoms with Crippen molar-refractivity contribution in [3.8, 4) is 0 Å². The number of allylic oxidation sites excluding steroid dienone is 2. The van der Waals surface area contributed by atoms with Gasteiger partial charge in [-0.05, 0) is 25.2 Å². The van der Waals surface area contributed by atoms with Crippen molar-refractivity contribution in [1.29, 1.82) is 0 Å². The van der Waals surface area contributed by atoms with Crippen LogP contribution in [-0.2, 0) is 0 Å². The fraction of sp³-hybridized carbons (Fsp3) is 0.800. The lowest BCUT2D eigenvalue weighted by atomic mass is 9.80. The van der Waals surface area contributed by atoms with Gasteiger partial charge in [0.2, 0.25) is 0 Å². The quantitative estimate of drug-likeness (QED) is 0.487. The fourth-order valence-electron chi connectivity index (χ4n) is 1.88. The van der Waals surface area contributed by atoms with Crippen LogP contribution in [0.2, 0.25) is 0 Å². The molecule has 1 aliphatic rings. The first-order valence-corrected chi connectivity index (χ1v) is 4.47. The molecule has 1 rings (SSSR count). The SMILES string of the molecule is CC=CC1CCCCC1C. The van der Waals surface area contributed by atoms with E-state index in [4.69, 9.17) is 0 Å². The van der Waals surface area contributed by atoms with Gasteiger partial charge < -0.3 is 0 Å². The van der Waals surface area contributed by atoms with Crippen molar-refractivity contribution < 1.29 is 0 Å². The van der Waals surface area contributed by atoms with Crippen LogP contribution in [0, 0.1) is 11.8 Å². The Morgan fingerprint density at radius 2 is 1.90 bits per heavy atom. The molecule has 0 aliphatic heterocycles. The zero-order valence-corrected chi connectivity index (χ0v) is 7.14. The first-order valence-electron chi connectivity index (χ1n) is 4.47. The highest BCUT2D eigenvalue weighted by Crippen LogP contribution is 2.30. The molecule has 2 atom stereocenters. The Morgan fingerprint density at radius 3 is 2.50 bits per heavy atom. The molecule has 10 heavy (non-hydrogen) atoms. The van der Waals surface area contributed by atoms with E-state index in [9.17, 15) is 0 Å². The molecule has 0 bridgehead atoms. The molecule has 2 unspecified atom stereocenters. The van der Waals surface area contributed by atoms with E-state index in [0.717, 1.165) is 11.8 Å². The van der Waals surface area contributed by atoms with Crippen LogP contribution in [0.1, 0.15) is 39.5 Å². The van der Waals surface area contributed by atoms with Crippen LogP contribution in [-0.4, -0.2) is 0 Å². The van der Waals surface area contributed by atoms with Gasteiger partial charge in [0.25, 0.3) is 0 Å². The zero-order valence-electron chi connectivity index (χ0n) is 7.14. The molecule has 1 fully saturated rings. The van der Waals surface area contributed by atoms with Crippen LogP contribution in [0.4, 0.5) is 0 Å². The summed E-state index contributed by atoms with van der Waals surface area (Å²) in [7, 11) is 0. The monoisotopic (exact) mass is 138 g/mol. The summed E-state index contributed by atoms with van der Waals surface area (Å²) in [4.78, 5) is 0. The summed E-state index contributed by atoms with van der Waals surface area (Å²) >= 11 is 0. The topological polar surface area (TPSA) is 0 Å². The maximum Gasteiger partial charge on any atom is -0.0208 e. The number of hydrogen-bond donors (Lipinski definition) is 0. The lowest BCUT2D eigenvalue weighted by Crippen LogP contribution is -2.13. The van der Waals surface area contributed by atoms with E-state index in [1.165, 1.54) is 25.7 Å². The van der Waals surface area contributed by atoms with E-state index in [0.29, 0.717) is 0 Å².